The Morgan fingerprint density at radius 3 is 2.56 bits per heavy atom. The Labute approximate surface area is 144 Å². The van der Waals surface area contributed by atoms with Crippen LogP contribution in [0.2, 0.25) is 0 Å². The number of para-hydroxylation sites is 3. The Bertz CT molecular complexity index is 876. The van der Waals surface area contributed by atoms with Crippen LogP contribution in [0.3, 0.4) is 0 Å². The average molecular weight is 339 g/mol. The zero-order valence-corrected chi connectivity index (χ0v) is 13.9. The lowest BCUT2D eigenvalue weighted by molar-refractivity contribution is -0.118. The summed E-state index contributed by atoms with van der Waals surface area (Å²) in [5.41, 5.74) is 1.22. The first-order valence-corrected chi connectivity index (χ1v) is 7.63. The highest BCUT2D eigenvalue weighted by atomic mass is 16.5. The molecule has 0 aliphatic heterocycles. The lowest BCUT2D eigenvalue weighted by Crippen LogP contribution is -2.20. The summed E-state index contributed by atoms with van der Waals surface area (Å²) in [5.74, 6) is 1.64. The van der Waals surface area contributed by atoms with Crippen LogP contribution in [0.4, 0.5) is 5.69 Å². The first kappa shape index (κ1) is 16.5. The predicted octanol–water partition coefficient (Wildman–Crippen LogP) is 3.07. The molecule has 25 heavy (non-hydrogen) atoms. The lowest BCUT2D eigenvalue weighted by Gasteiger charge is -2.11. The molecule has 0 aliphatic carbocycles. The van der Waals surface area contributed by atoms with Crippen LogP contribution in [0.1, 0.15) is 5.82 Å². The third kappa shape index (κ3) is 3.95. The molecule has 1 aromatic heterocycles. The van der Waals surface area contributed by atoms with E-state index in [2.05, 4.69) is 15.5 Å². The standard InChI is InChI=1S/C18H17N3O4/c1-12-19-18(25-21-12)13-7-3-5-9-15(13)24-11-17(22)20-14-8-4-6-10-16(14)23-2/h3-10H,11H2,1-2H3,(H,20,22). The molecular formula is C18H17N3O4. The number of rotatable bonds is 6. The van der Waals surface area contributed by atoms with Crippen molar-refractivity contribution >= 4 is 11.6 Å². The Balaban J connectivity index is 1.69. The highest BCUT2D eigenvalue weighted by Gasteiger charge is 2.14. The van der Waals surface area contributed by atoms with Gasteiger partial charge < -0.3 is 19.3 Å². The minimum atomic E-state index is -0.305. The van der Waals surface area contributed by atoms with Crippen LogP contribution in [0, 0.1) is 6.92 Å². The van der Waals surface area contributed by atoms with Crippen molar-refractivity contribution in [2.45, 2.75) is 6.92 Å². The van der Waals surface area contributed by atoms with E-state index in [1.807, 2.05) is 18.2 Å². The Morgan fingerprint density at radius 1 is 1.12 bits per heavy atom. The maximum Gasteiger partial charge on any atom is 0.262 e. The Morgan fingerprint density at radius 2 is 1.84 bits per heavy atom. The number of anilines is 1. The number of aromatic nitrogens is 2. The van der Waals surface area contributed by atoms with Crippen molar-refractivity contribution in [3.8, 4) is 23.0 Å². The summed E-state index contributed by atoms with van der Waals surface area (Å²) in [6.07, 6.45) is 0. The maximum atomic E-state index is 12.2. The summed E-state index contributed by atoms with van der Waals surface area (Å²) in [6, 6.07) is 14.3. The van der Waals surface area contributed by atoms with Crippen molar-refractivity contribution in [2.75, 3.05) is 19.0 Å². The fourth-order valence-electron chi connectivity index (χ4n) is 2.25. The van der Waals surface area contributed by atoms with Crippen LogP contribution in [0.25, 0.3) is 11.5 Å². The van der Waals surface area contributed by atoms with Gasteiger partial charge in [-0.1, -0.05) is 29.4 Å². The van der Waals surface area contributed by atoms with Gasteiger partial charge in [0, 0.05) is 0 Å². The number of carbonyl (C=O) groups is 1. The van der Waals surface area contributed by atoms with E-state index in [1.54, 1.807) is 44.4 Å². The topological polar surface area (TPSA) is 86.5 Å². The number of benzene rings is 2. The summed E-state index contributed by atoms with van der Waals surface area (Å²) in [5, 5.41) is 6.52. The molecule has 0 atom stereocenters. The molecule has 0 radical (unpaired) electrons. The van der Waals surface area contributed by atoms with E-state index in [0.29, 0.717) is 34.5 Å². The van der Waals surface area contributed by atoms with Crippen molar-refractivity contribution in [3.63, 3.8) is 0 Å². The highest BCUT2D eigenvalue weighted by Crippen LogP contribution is 2.28. The van der Waals surface area contributed by atoms with Crippen LogP contribution < -0.4 is 14.8 Å². The number of amides is 1. The van der Waals surface area contributed by atoms with E-state index in [0.717, 1.165) is 0 Å². The third-order valence-electron chi connectivity index (χ3n) is 3.38. The van der Waals surface area contributed by atoms with Gasteiger partial charge in [0.1, 0.15) is 11.5 Å². The van der Waals surface area contributed by atoms with E-state index >= 15 is 0 Å². The summed E-state index contributed by atoms with van der Waals surface area (Å²) < 4.78 is 16.0. The average Bonchev–Trinajstić information content (AvgIpc) is 3.07. The second-order valence-corrected chi connectivity index (χ2v) is 5.18. The van der Waals surface area contributed by atoms with Gasteiger partial charge in [0.2, 0.25) is 0 Å². The smallest absolute Gasteiger partial charge is 0.262 e. The summed E-state index contributed by atoms with van der Waals surface area (Å²) in [6.45, 7) is 1.57. The van der Waals surface area contributed by atoms with E-state index < -0.39 is 0 Å². The number of nitrogens with one attached hydrogen (secondary N) is 1. The molecule has 0 saturated heterocycles. The minimum Gasteiger partial charge on any atom is -0.495 e. The zero-order valence-electron chi connectivity index (χ0n) is 13.9. The zero-order chi connectivity index (χ0) is 17.6. The van der Waals surface area contributed by atoms with Crippen LogP contribution in [-0.2, 0) is 4.79 Å². The van der Waals surface area contributed by atoms with E-state index in [-0.39, 0.29) is 12.5 Å². The van der Waals surface area contributed by atoms with Gasteiger partial charge in [-0.2, -0.15) is 4.98 Å². The van der Waals surface area contributed by atoms with Crippen LogP contribution in [-0.4, -0.2) is 29.8 Å². The highest BCUT2D eigenvalue weighted by molar-refractivity contribution is 5.93. The fraction of sp³-hybridized carbons (Fsp3) is 0.167. The molecular weight excluding hydrogens is 322 g/mol. The second-order valence-electron chi connectivity index (χ2n) is 5.18. The van der Waals surface area contributed by atoms with Gasteiger partial charge in [-0.15, -0.1) is 0 Å². The van der Waals surface area contributed by atoms with E-state index in [4.69, 9.17) is 14.0 Å². The molecule has 1 heterocycles. The molecule has 0 bridgehead atoms. The largest absolute Gasteiger partial charge is 0.495 e. The Hall–Kier alpha value is -3.35. The van der Waals surface area contributed by atoms with Gasteiger partial charge in [0.05, 0.1) is 18.4 Å². The molecule has 0 saturated carbocycles. The summed E-state index contributed by atoms with van der Waals surface area (Å²) in [7, 11) is 1.55. The van der Waals surface area contributed by atoms with E-state index in [1.165, 1.54) is 0 Å². The number of hydrogen-bond acceptors (Lipinski definition) is 6. The molecule has 1 amide bonds. The number of carbonyl (C=O) groups excluding carboxylic acids is 1. The number of nitrogens with zero attached hydrogens (tertiary/aromatic N) is 2. The molecule has 7 heteroatoms. The SMILES string of the molecule is COc1ccccc1NC(=O)COc1ccccc1-c1nc(C)no1. The normalized spacial score (nSPS) is 10.3. The number of methoxy groups -OCH3 is 1. The van der Waals surface area contributed by atoms with E-state index in [9.17, 15) is 4.79 Å². The quantitative estimate of drug-likeness (QED) is 0.743. The van der Waals surface area contributed by atoms with Crippen molar-refractivity contribution in [1.29, 1.82) is 0 Å². The van der Waals surface area contributed by atoms with Gasteiger partial charge in [0.25, 0.3) is 11.8 Å². The van der Waals surface area contributed by atoms with Crippen LogP contribution >= 0.6 is 0 Å². The molecule has 7 nitrogen and oxygen atoms in total. The predicted molar refractivity (Wildman–Crippen MR) is 91.6 cm³/mol. The first-order chi connectivity index (χ1) is 12.2. The molecule has 3 aromatic rings. The minimum absolute atomic E-state index is 0.165. The molecule has 0 aliphatic rings. The fourth-order valence-corrected chi connectivity index (χ4v) is 2.25. The van der Waals surface area contributed by atoms with Crippen molar-refractivity contribution < 1.29 is 18.8 Å². The van der Waals surface area contributed by atoms with Gasteiger partial charge in [-0.05, 0) is 31.2 Å². The molecule has 3 rings (SSSR count). The molecule has 0 spiro atoms. The third-order valence-corrected chi connectivity index (χ3v) is 3.38. The van der Waals surface area contributed by atoms with Gasteiger partial charge in [-0.3, -0.25) is 4.79 Å². The molecule has 1 N–H and O–H groups in total. The van der Waals surface area contributed by atoms with Crippen LogP contribution in [0.5, 0.6) is 11.5 Å². The molecule has 2 aromatic carbocycles. The van der Waals surface area contributed by atoms with Gasteiger partial charge in [-0.25, -0.2) is 0 Å². The summed E-state index contributed by atoms with van der Waals surface area (Å²) in [4.78, 5) is 16.3. The first-order valence-electron chi connectivity index (χ1n) is 7.63. The molecule has 0 unspecified atom stereocenters. The monoisotopic (exact) mass is 339 g/mol. The molecule has 128 valence electrons. The van der Waals surface area contributed by atoms with Crippen LogP contribution in [0.15, 0.2) is 53.1 Å². The van der Waals surface area contributed by atoms with Crippen molar-refractivity contribution in [1.82, 2.24) is 10.1 Å². The maximum absolute atomic E-state index is 12.2. The van der Waals surface area contributed by atoms with Crippen molar-refractivity contribution in [2.24, 2.45) is 0 Å². The van der Waals surface area contributed by atoms with Crippen molar-refractivity contribution in [3.05, 3.63) is 54.4 Å². The number of hydrogen-bond donors (Lipinski definition) is 1. The second kappa shape index (κ2) is 7.48. The lowest BCUT2D eigenvalue weighted by atomic mass is 10.2. The van der Waals surface area contributed by atoms with Gasteiger partial charge in [0.15, 0.2) is 12.4 Å². The number of aryl methyl sites for hydroxylation is 1. The number of ether oxygens (including phenoxy) is 2. The van der Waals surface area contributed by atoms with Gasteiger partial charge >= 0.3 is 0 Å². The summed E-state index contributed by atoms with van der Waals surface area (Å²) >= 11 is 0. The Kier molecular flexibility index (Phi) is 4.94. The molecule has 0 fully saturated rings.